The average Bonchev–Trinajstić information content (AvgIpc) is 2.63. The Hall–Kier alpha value is -1.18. The summed E-state index contributed by atoms with van der Waals surface area (Å²) in [6.45, 7) is 7.53. The van der Waals surface area contributed by atoms with Gasteiger partial charge in [-0.1, -0.05) is 13.5 Å². The second-order valence-electron chi connectivity index (χ2n) is 4.25. The number of nitrogens with zero attached hydrogens (tertiary/aromatic N) is 1. The van der Waals surface area contributed by atoms with Crippen molar-refractivity contribution in [1.82, 2.24) is 4.57 Å². The molecule has 0 spiro atoms. The maximum absolute atomic E-state index is 5.18. The fourth-order valence-electron chi connectivity index (χ4n) is 2.51. The van der Waals surface area contributed by atoms with Crippen molar-refractivity contribution in [3.8, 4) is 0 Å². The van der Waals surface area contributed by atoms with Crippen molar-refractivity contribution in [3.63, 3.8) is 0 Å². The smallest absolute Gasteiger partial charge is 0.105 e. The Morgan fingerprint density at radius 3 is 3.33 bits per heavy atom. The SMILES string of the molecule is C=COCCn1ccc2c1C(C)CCC2. The lowest BCUT2D eigenvalue weighted by Crippen LogP contribution is -2.13. The van der Waals surface area contributed by atoms with E-state index in [4.69, 9.17) is 4.74 Å². The number of rotatable bonds is 4. The minimum atomic E-state index is 0.701. The first kappa shape index (κ1) is 10.3. The molecule has 1 aromatic rings. The summed E-state index contributed by atoms with van der Waals surface area (Å²) in [5.41, 5.74) is 3.06. The van der Waals surface area contributed by atoms with E-state index in [-0.39, 0.29) is 0 Å². The standard InChI is InChI=1S/C13H19NO/c1-3-15-10-9-14-8-7-12-6-4-5-11(2)13(12)14/h3,7-8,11H,1,4-6,9-10H2,2H3. The molecule has 0 radical (unpaired) electrons. The van der Waals surface area contributed by atoms with Crippen LogP contribution in [0.5, 0.6) is 0 Å². The molecule has 2 heteroatoms. The van der Waals surface area contributed by atoms with Crippen molar-refractivity contribution in [3.05, 3.63) is 36.4 Å². The molecule has 2 rings (SSSR count). The van der Waals surface area contributed by atoms with E-state index in [0.29, 0.717) is 5.92 Å². The van der Waals surface area contributed by atoms with E-state index in [9.17, 15) is 0 Å². The Balaban J connectivity index is 2.11. The van der Waals surface area contributed by atoms with Gasteiger partial charge in [-0.2, -0.15) is 0 Å². The van der Waals surface area contributed by atoms with Gasteiger partial charge in [-0.15, -0.1) is 0 Å². The third-order valence-corrected chi connectivity index (χ3v) is 3.21. The maximum atomic E-state index is 5.18. The van der Waals surface area contributed by atoms with Gasteiger partial charge >= 0.3 is 0 Å². The molecule has 1 atom stereocenters. The molecule has 0 N–H and O–H groups in total. The third kappa shape index (κ3) is 2.09. The lowest BCUT2D eigenvalue weighted by atomic mass is 9.89. The molecular weight excluding hydrogens is 186 g/mol. The first-order valence-corrected chi connectivity index (χ1v) is 5.73. The molecule has 2 nitrogen and oxygen atoms in total. The zero-order valence-electron chi connectivity index (χ0n) is 9.41. The van der Waals surface area contributed by atoms with E-state index in [1.807, 2.05) is 0 Å². The molecule has 1 aliphatic carbocycles. The Bertz CT molecular complexity index is 340. The van der Waals surface area contributed by atoms with E-state index < -0.39 is 0 Å². The minimum absolute atomic E-state index is 0.701. The lowest BCUT2D eigenvalue weighted by molar-refractivity contribution is 0.234. The second kappa shape index (κ2) is 4.56. The van der Waals surface area contributed by atoms with Crippen LogP contribution in [0.15, 0.2) is 25.1 Å². The summed E-state index contributed by atoms with van der Waals surface area (Å²) in [7, 11) is 0. The van der Waals surface area contributed by atoms with Crippen LogP contribution in [-0.2, 0) is 17.7 Å². The summed E-state index contributed by atoms with van der Waals surface area (Å²) in [5, 5.41) is 0. The number of aryl methyl sites for hydroxylation is 1. The molecule has 0 fully saturated rings. The van der Waals surface area contributed by atoms with Crippen LogP contribution in [-0.4, -0.2) is 11.2 Å². The number of hydrogen-bond donors (Lipinski definition) is 0. The van der Waals surface area contributed by atoms with Gasteiger partial charge in [0.1, 0.15) is 6.61 Å². The van der Waals surface area contributed by atoms with Gasteiger partial charge in [0, 0.05) is 11.9 Å². The van der Waals surface area contributed by atoms with Crippen molar-refractivity contribution >= 4 is 0 Å². The van der Waals surface area contributed by atoms with Gasteiger partial charge < -0.3 is 9.30 Å². The molecule has 0 aliphatic heterocycles. The van der Waals surface area contributed by atoms with Crippen molar-refractivity contribution in [2.24, 2.45) is 0 Å². The van der Waals surface area contributed by atoms with Gasteiger partial charge in [-0.3, -0.25) is 0 Å². The lowest BCUT2D eigenvalue weighted by Gasteiger charge is -2.22. The first-order chi connectivity index (χ1) is 7.33. The molecule has 15 heavy (non-hydrogen) atoms. The molecule has 1 aromatic heterocycles. The molecule has 1 aliphatic rings. The molecule has 1 unspecified atom stereocenters. The van der Waals surface area contributed by atoms with Gasteiger partial charge in [-0.05, 0) is 36.8 Å². The van der Waals surface area contributed by atoms with Crippen LogP contribution < -0.4 is 0 Å². The molecule has 0 amide bonds. The summed E-state index contributed by atoms with van der Waals surface area (Å²) in [4.78, 5) is 0. The predicted octanol–water partition coefficient (Wildman–Crippen LogP) is 3.09. The Morgan fingerprint density at radius 1 is 1.67 bits per heavy atom. The van der Waals surface area contributed by atoms with Gasteiger partial charge in [0.05, 0.1) is 12.8 Å². The predicted molar refractivity (Wildman–Crippen MR) is 61.9 cm³/mol. The van der Waals surface area contributed by atoms with Crippen molar-refractivity contribution < 1.29 is 4.74 Å². The van der Waals surface area contributed by atoms with E-state index in [0.717, 1.165) is 13.2 Å². The highest BCUT2D eigenvalue weighted by Gasteiger charge is 2.19. The molecule has 0 aromatic carbocycles. The monoisotopic (exact) mass is 205 g/mol. The van der Waals surface area contributed by atoms with Gasteiger partial charge in [0.25, 0.3) is 0 Å². The summed E-state index contributed by atoms with van der Waals surface area (Å²) >= 11 is 0. The van der Waals surface area contributed by atoms with Crippen LogP contribution in [0.3, 0.4) is 0 Å². The number of ether oxygens (including phenoxy) is 1. The quantitative estimate of drug-likeness (QED) is 0.544. The van der Waals surface area contributed by atoms with E-state index >= 15 is 0 Å². The molecule has 0 bridgehead atoms. The first-order valence-electron chi connectivity index (χ1n) is 5.73. The van der Waals surface area contributed by atoms with Crippen LogP contribution in [0, 0.1) is 0 Å². The molecule has 0 saturated heterocycles. The van der Waals surface area contributed by atoms with Gasteiger partial charge in [-0.25, -0.2) is 0 Å². The summed E-state index contributed by atoms with van der Waals surface area (Å²) in [6.07, 6.45) is 7.61. The van der Waals surface area contributed by atoms with Crippen LogP contribution in [0.4, 0.5) is 0 Å². The van der Waals surface area contributed by atoms with Gasteiger partial charge in [0.2, 0.25) is 0 Å². The highest BCUT2D eigenvalue weighted by atomic mass is 16.5. The van der Waals surface area contributed by atoms with Crippen LogP contribution >= 0.6 is 0 Å². The molecule has 1 heterocycles. The zero-order valence-corrected chi connectivity index (χ0v) is 9.41. The Labute approximate surface area is 91.6 Å². The van der Waals surface area contributed by atoms with Crippen LogP contribution in [0.25, 0.3) is 0 Å². The van der Waals surface area contributed by atoms with Crippen molar-refractivity contribution in [1.29, 1.82) is 0 Å². The van der Waals surface area contributed by atoms with Crippen LogP contribution in [0.1, 0.15) is 36.9 Å². The zero-order chi connectivity index (χ0) is 10.7. The van der Waals surface area contributed by atoms with E-state index in [1.165, 1.54) is 36.8 Å². The molecular formula is C13H19NO. The van der Waals surface area contributed by atoms with E-state index in [1.54, 1.807) is 0 Å². The largest absolute Gasteiger partial charge is 0.500 e. The summed E-state index contributed by atoms with van der Waals surface area (Å²) < 4.78 is 7.51. The summed E-state index contributed by atoms with van der Waals surface area (Å²) in [6, 6.07) is 2.26. The van der Waals surface area contributed by atoms with E-state index in [2.05, 4.69) is 30.3 Å². The second-order valence-corrected chi connectivity index (χ2v) is 4.25. The highest BCUT2D eigenvalue weighted by molar-refractivity contribution is 5.28. The molecule has 82 valence electrons. The van der Waals surface area contributed by atoms with Crippen LogP contribution in [0.2, 0.25) is 0 Å². The van der Waals surface area contributed by atoms with Crippen molar-refractivity contribution in [2.75, 3.05) is 6.61 Å². The molecule has 0 saturated carbocycles. The highest BCUT2D eigenvalue weighted by Crippen LogP contribution is 2.31. The topological polar surface area (TPSA) is 14.2 Å². The maximum Gasteiger partial charge on any atom is 0.105 e. The number of aromatic nitrogens is 1. The minimum Gasteiger partial charge on any atom is -0.500 e. The fourth-order valence-corrected chi connectivity index (χ4v) is 2.51. The van der Waals surface area contributed by atoms with Gasteiger partial charge in [0.15, 0.2) is 0 Å². The number of fused-ring (bicyclic) bond motifs is 1. The Kier molecular flexibility index (Phi) is 3.14. The normalized spacial score (nSPS) is 19.7. The summed E-state index contributed by atoms with van der Waals surface area (Å²) in [5.74, 6) is 0.701. The third-order valence-electron chi connectivity index (χ3n) is 3.21. The van der Waals surface area contributed by atoms with Crippen molar-refractivity contribution in [2.45, 2.75) is 38.6 Å². The number of hydrogen-bond acceptors (Lipinski definition) is 1. The average molecular weight is 205 g/mol. The Morgan fingerprint density at radius 2 is 2.53 bits per heavy atom. The fraction of sp³-hybridized carbons (Fsp3) is 0.538.